The second-order valence-corrected chi connectivity index (χ2v) is 5.79. The fourth-order valence-corrected chi connectivity index (χ4v) is 2.65. The molecule has 2 heterocycles. The third kappa shape index (κ3) is 2.60. The molecule has 0 saturated heterocycles. The van der Waals surface area contributed by atoms with Crippen LogP contribution in [0.1, 0.15) is 11.1 Å². The summed E-state index contributed by atoms with van der Waals surface area (Å²) in [5, 5.41) is 8.32. The molecule has 0 unspecified atom stereocenters. The molecule has 0 bridgehead atoms. The van der Waals surface area contributed by atoms with Crippen molar-refractivity contribution >= 4 is 22.6 Å². The molecule has 5 heteroatoms. The van der Waals surface area contributed by atoms with Gasteiger partial charge in [0.25, 0.3) is 5.71 Å². The summed E-state index contributed by atoms with van der Waals surface area (Å²) >= 11 is 0. The number of anilines is 2. The van der Waals surface area contributed by atoms with Crippen molar-refractivity contribution in [3.63, 3.8) is 0 Å². The number of rotatable bonds is 3. The van der Waals surface area contributed by atoms with E-state index < -0.39 is 0 Å². The molecule has 0 saturated carbocycles. The van der Waals surface area contributed by atoms with Gasteiger partial charge in [-0.05, 0) is 31.5 Å². The smallest absolute Gasteiger partial charge is 0.263 e. The normalized spacial score (nSPS) is 10.9. The van der Waals surface area contributed by atoms with Gasteiger partial charge in [0.1, 0.15) is 23.2 Å². The van der Waals surface area contributed by atoms with Gasteiger partial charge in [-0.1, -0.05) is 47.1 Å². The lowest BCUT2D eigenvalue weighted by Crippen LogP contribution is -1.96. The Hall–Kier alpha value is -3.21. The number of aryl methyl sites for hydroxylation is 2. The van der Waals surface area contributed by atoms with Crippen molar-refractivity contribution in [3.8, 4) is 11.3 Å². The van der Waals surface area contributed by atoms with E-state index in [1.807, 2.05) is 36.4 Å². The zero-order valence-corrected chi connectivity index (χ0v) is 13.4. The highest BCUT2D eigenvalue weighted by Crippen LogP contribution is 2.32. The van der Waals surface area contributed by atoms with E-state index in [9.17, 15) is 0 Å². The molecule has 0 fully saturated rings. The molecule has 5 nitrogen and oxygen atoms in total. The number of hydrogen-bond donors (Lipinski definition) is 1. The summed E-state index contributed by atoms with van der Waals surface area (Å²) in [6.45, 7) is 4.11. The minimum Gasteiger partial charge on any atom is -0.339 e. The number of nitrogens with one attached hydrogen (secondary N) is 1. The van der Waals surface area contributed by atoms with Gasteiger partial charge < -0.3 is 9.84 Å². The van der Waals surface area contributed by atoms with Crippen molar-refractivity contribution in [3.05, 3.63) is 66.0 Å². The standard InChI is InChI=1S/C19H16N4O/c1-12-6-8-14(9-7-12)17-16-18(20-11-21-19(16)24-23-17)22-15-5-3-4-13(2)10-15/h3-11H,1-2H3,(H,20,21,22). The summed E-state index contributed by atoms with van der Waals surface area (Å²) in [6, 6.07) is 16.3. The number of benzene rings is 2. The first kappa shape index (κ1) is 14.4. The molecular formula is C19H16N4O. The Morgan fingerprint density at radius 2 is 1.75 bits per heavy atom. The summed E-state index contributed by atoms with van der Waals surface area (Å²) in [6.07, 6.45) is 1.48. The molecule has 0 amide bonds. The van der Waals surface area contributed by atoms with Gasteiger partial charge in [0.05, 0.1) is 0 Å². The molecular weight excluding hydrogens is 300 g/mol. The topological polar surface area (TPSA) is 63.8 Å². The van der Waals surface area contributed by atoms with Gasteiger partial charge in [0.2, 0.25) is 0 Å². The quantitative estimate of drug-likeness (QED) is 0.596. The van der Waals surface area contributed by atoms with Crippen molar-refractivity contribution in [2.75, 3.05) is 5.32 Å². The van der Waals surface area contributed by atoms with Gasteiger partial charge >= 0.3 is 0 Å². The van der Waals surface area contributed by atoms with E-state index in [1.54, 1.807) is 0 Å². The van der Waals surface area contributed by atoms with Crippen LogP contribution in [0.25, 0.3) is 22.4 Å². The van der Waals surface area contributed by atoms with Gasteiger partial charge in [-0.3, -0.25) is 0 Å². The molecule has 0 spiro atoms. The number of fused-ring (bicyclic) bond motifs is 1. The van der Waals surface area contributed by atoms with E-state index >= 15 is 0 Å². The van der Waals surface area contributed by atoms with Gasteiger partial charge in [-0.2, -0.15) is 4.98 Å². The van der Waals surface area contributed by atoms with Crippen LogP contribution in [0, 0.1) is 13.8 Å². The van der Waals surface area contributed by atoms with Gasteiger partial charge in [0, 0.05) is 11.3 Å². The maximum atomic E-state index is 5.39. The first-order chi connectivity index (χ1) is 11.7. The maximum absolute atomic E-state index is 5.39. The molecule has 2 aromatic carbocycles. The lowest BCUT2D eigenvalue weighted by atomic mass is 10.1. The van der Waals surface area contributed by atoms with Crippen LogP contribution in [0.3, 0.4) is 0 Å². The highest BCUT2D eigenvalue weighted by Gasteiger charge is 2.16. The molecule has 24 heavy (non-hydrogen) atoms. The fourth-order valence-electron chi connectivity index (χ4n) is 2.65. The van der Waals surface area contributed by atoms with Crippen molar-refractivity contribution in [1.29, 1.82) is 0 Å². The number of hydrogen-bond acceptors (Lipinski definition) is 5. The van der Waals surface area contributed by atoms with E-state index in [1.165, 1.54) is 17.5 Å². The van der Waals surface area contributed by atoms with E-state index in [0.29, 0.717) is 11.5 Å². The summed E-state index contributed by atoms with van der Waals surface area (Å²) < 4.78 is 5.39. The molecule has 4 aromatic rings. The summed E-state index contributed by atoms with van der Waals surface area (Å²) in [4.78, 5) is 8.57. The Morgan fingerprint density at radius 3 is 2.54 bits per heavy atom. The number of aromatic nitrogens is 3. The highest BCUT2D eigenvalue weighted by atomic mass is 16.5. The molecule has 118 valence electrons. The summed E-state index contributed by atoms with van der Waals surface area (Å²) in [5.74, 6) is 0.683. The predicted molar refractivity (Wildman–Crippen MR) is 94.2 cm³/mol. The zero-order valence-electron chi connectivity index (χ0n) is 13.4. The summed E-state index contributed by atoms with van der Waals surface area (Å²) in [5.41, 5.74) is 5.51. The molecule has 0 radical (unpaired) electrons. The Kier molecular flexibility index (Phi) is 3.46. The van der Waals surface area contributed by atoms with Crippen molar-refractivity contribution < 1.29 is 4.52 Å². The van der Waals surface area contributed by atoms with Crippen LogP contribution in [-0.2, 0) is 0 Å². The van der Waals surface area contributed by atoms with Gasteiger partial charge in [0.15, 0.2) is 0 Å². The summed E-state index contributed by atoms with van der Waals surface area (Å²) in [7, 11) is 0. The van der Waals surface area contributed by atoms with Gasteiger partial charge in [-0.25, -0.2) is 4.98 Å². The average molecular weight is 316 g/mol. The van der Waals surface area contributed by atoms with Crippen molar-refractivity contribution in [2.45, 2.75) is 13.8 Å². The molecule has 0 atom stereocenters. The molecule has 1 N–H and O–H groups in total. The Bertz CT molecular complexity index is 1010. The first-order valence-electron chi connectivity index (χ1n) is 7.72. The molecule has 2 aromatic heterocycles. The van der Waals surface area contributed by atoms with Crippen LogP contribution >= 0.6 is 0 Å². The Labute approximate surface area is 139 Å². The SMILES string of the molecule is Cc1ccc(-c2noc3ncnc(Nc4cccc(C)c4)c23)cc1. The lowest BCUT2D eigenvalue weighted by Gasteiger charge is -2.07. The van der Waals surface area contributed by atoms with E-state index in [-0.39, 0.29) is 0 Å². The van der Waals surface area contributed by atoms with Crippen molar-refractivity contribution in [2.24, 2.45) is 0 Å². The molecule has 0 aliphatic heterocycles. The van der Waals surface area contributed by atoms with E-state index in [4.69, 9.17) is 4.52 Å². The van der Waals surface area contributed by atoms with Crippen LogP contribution in [0.15, 0.2) is 59.4 Å². The first-order valence-corrected chi connectivity index (χ1v) is 7.72. The largest absolute Gasteiger partial charge is 0.339 e. The van der Waals surface area contributed by atoms with Crippen LogP contribution < -0.4 is 5.32 Å². The van der Waals surface area contributed by atoms with Crippen LogP contribution in [-0.4, -0.2) is 15.1 Å². The zero-order chi connectivity index (χ0) is 16.5. The Morgan fingerprint density at radius 1 is 0.917 bits per heavy atom. The third-order valence-corrected chi connectivity index (χ3v) is 3.88. The van der Waals surface area contributed by atoms with E-state index in [2.05, 4.69) is 46.4 Å². The minimum atomic E-state index is 0.468. The van der Waals surface area contributed by atoms with Crippen LogP contribution in [0.4, 0.5) is 11.5 Å². The lowest BCUT2D eigenvalue weighted by molar-refractivity contribution is 0.451. The Balaban J connectivity index is 1.84. The molecule has 0 aliphatic carbocycles. The second kappa shape index (κ2) is 5.77. The second-order valence-electron chi connectivity index (χ2n) is 5.79. The molecule has 0 aliphatic rings. The van der Waals surface area contributed by atoms with Gasteiger partial charge in [-0.15, -0.1) is 0 Å². The molecule has 4 rings (SSSR count). The predicted octanol–water partition coefficient (Wildman–Crippen LogP) is 4.65. The van der Waals surface area contributed by atoms with Crippen molar-refractivity contribution in [1.82, 2.24) is 15.1 Å². The van der Waals surface area contributed by atoms with E-state index in [0.717, 1.165) is 22.3 Å². The maximum Gasteiger partial charge on any atom is 0.263 e. The number of nitrogens with zero attached hydrogens (tertiary/aromatic N) is 3. The van der Waals surface area contributed by atoms with Crippen LogP contribution in [0.2, 0.25) is 0 Å². The third-order valence-electron chi connectivity index (χ3n) is 3.88. The minimum absolute atomic E-state index is 0.468. The monoisotopic (exact) mass is 316 g/mol. The fraction of sp³-hybridized carbons (Fsp3) is 0.105. The highest BCUT2D eigenvalue weighted by molar-refractivity contribution is 5.98. The van der Waals surface area contributed by atoms with Crippen LogP contribution in [0.5, 0.6) is 0 Å². The average Bonchev–Trinajstić information content (AvgIpc) is 3.01.